The number of benzene rings is 2. The van der Waals surface area contributed by atoms with E-state index in [0.29, 0.717) is 23.4 Å². The van der Waals surface area contributed by atoms with E-state index in [-0.39, 0.29) is 17.3 Å². The molecular formula is C29H28N6O2. The van der Waals surface area contributed by atoms with Gasteiger partial charge in [0.25, 0.3) is 5.56 Å². The molecule has 186 valence electrons. The van der Waals surface area contributed by atoms with Crippen LogP contribution in [0.15, 0.2) is 88.6 Å². The molecule has 8 heteroatoms. The lowest BCUT2D eigenvalue weighted by Gasteiger charge is -2.15. The van der Waals surface area contributed by atoms with Gasteiger partial charge in [0.1, 0.15) is 11.2 Å². The number of nitrogens with one attached hydrogen (secondary N) is 1. The number of hydrogen-bond acceptors (Lipinski definition) is 5. The fraction of sp³-hybridized carbons (Fsp3) is 0.241. The van der Waals surface area contributed by atoms with Crippen LogP contribution in [0.25, 0.3) is 22.3 Å². The van der Waals surface area contributed by atoms with Gasteiger partial charge in [-0.05, 0) is 42.7 Å². The van der Waals surface area contributed by atoms with E-state index in [1.807, 2.05) is 72.8 Å². The van der Waals surface area contributed by atoms with Crippen LogP contribution in [-0.2, 0) is 13.6 Å². The molecule has 1 aliphatic rings. The van der Waals surface area contributed by atoms with Gasteiger partial charge in [0.05, 0.1) is 12.2 Å². The number of fused-ring (bicyclic) bond motifs is 1. The Morgan fingerprint density at radius 3 is 2.35 bits per heavy atom. The molecule has 0 saturated heterocycles. The molecule has 1 saturated carbocycles. The zero-order valence-corrected chi connectivity index (χ0v) is 20.7. The Kier molecular flexibility index (Phi) is 5.92. The standard InChI is InChI=1S/C29H28N6O2/c1-33-28(36)25-26(31-22-9-3-2-4-10-22)34(32-27(25)35(29(33)37)23-11-5-6-12-23)19-20-14-16-21(17-15-20)24-13-7-8-18-30-24/h2-4,7-10,13-18,23,31H,5-6,11-12,19H2,1H3. The van der Waals surface area contributed by atoms with Crippen LogP contribution >= 0.6 is 0 Å². The molecule has 0 amide bonds. The summed E-state index contributed by atoms with van der Waals surface area (Å²) in [5.74, 6) is 0.586. The van der Waals surface area contributed by atoms with Crippen molar-refractivity contribution >= 4 is 22.5 Å². The summed E-state index contributed by atoms with van der Waals surface area (Å²) in [7, 11) is 1.55. The zero-order chi connectivity index (χ0) is 25.4. The van der Waals surface area contributed by atoms with E-state index in [1.165, 1.54) is 4.57 Å². The highest BCUT2D eigenvalue weighted by atomic mass is 16.2. The van der Waals surface area contributed by atoms with Crippen molar-refractivity contribution in [3.05, 3.63) is 105 Å². The van der Waals surface area contributed by atoms with Crippen LogP contribution in [0.5, 0.6) is 0 Å². The first-order valence-electron chi connectivity index (χ1n) is 12.6. The minimum Gasteiger partial charge on any atom is -0.340 e. The summed E-state index contributed by atoms with van der Waals surface area (Å²) >= 11 is 0. The largest absolute Gasteiger partial charge is 0.340 e. The van der Waals surface area contributed by atoms with Crippen molar-refractivity contribution in [2.75, 3.05) is 5.32 Å². The van der Waals surface area contributed by atoms with Crippen molar-refractivity contribution < 1.29 is 0 Å². The number of aromatic nitrogens is 5. The molecule has 8 nitrogen and oxygen atoms in total. The summed E-state index contributed by atoms with van der Waals surface area (Å²) in [4.78, 5) is 31.1. The molecule has 5 aromatic rings. The summed E-state index contributed by atoms with van der Waals surface area (Å²) in [5, 5.41) is 8.74. The Labute approximate surface area is 213 Å². The van der Waals surface area contributed by atoms with E-state index in [1.54, 1.807) is 22.5 Å². The van der Waals surface area contributed by atoms with Gasteiger partial charge in [-0.2, -0.15) is 5.10 Å². The molecule has 0 spiro atoms. The maximum absolute atomic E-state index is 13.4. The molecule has 6 rings (SSSR count). The summed E-state index contributed by atoms with van der Waals surface area (Å²) in [6.45, 7) is 0.439. The smallest absolute Gasteiger partial charge is 0.332 e. The Morgan fingerprint density at radius 1 is 0.919 bits per heavy atom. The lowest BCUT2D eigenvalue weighted by Crippen LogP contribution is -2.39. The second kappa shape index (κ2) is 9.54. The van der Waals surface area contributed by atoms with Crippen molar-refractivity contribution in [2.45, 2.75) is 38.3 Å². The highest BCUT2D eigenvalue weighted by Crippen LogP contribution is 2.32. The van der Waals surface area contributed by atoms with E-state index in [0.717, 1.165) is 48.2 Å². The molecule has 1 N–H and O–H groups in total. The summed E-state index contributed by atoms with van der Waals surface area (Å²) in [6, 6.07) is 23.8. The van der Waals surface area contributed by atoms with Crippen LogP contribution < -0.4 is 16.6 Å². The van der Waals surface area contributed by atoms with Crippen LogP contribution in [0, 0.1) is 0 Å². The third-order valence-corrected chi connectivity index (χ3v) is 7.15. The third kappa shape index (κ3) is 4.24. The maximum atomic E-state index is 13.4. The highest BCUT2D eigenvalue weighted by molar-refractivity contribution is 5.89. The molecule has 0 unspecified atom stereocenters. The maximum Gasteiger partial charge on any atom is 0.332 e. The van der Waals surface area contributed by atoms with Crippen LogP contribution in [0.4, 0.5) is 11.5 Å². The van der Waals surface area contributed by atoms with E-state index >= 15 is 0 Å². The first kappa shape index (κ1) is 23.0. The SMILES string of the molecule is Cn1c(=O)c2c(Nc3ccccc3)n(Cc3ccc(-c4ccccn4)cc3)nc2n(C2CCCC2)c1=O. The Bertz CT molecular complexity index is 1660. The fourth-order valence-corrected chi connectivity index (χ4v) is 5.20. The van der Waals surface area contributed by atoms with Gasteiger partial charge in [-0.1, -0.05) is 61.4 Å². The number of hydrogen-bond donors (Lipinski definition) is 1. The second-order valence-corrected chi connectivity index (χ2v) is 9.56. The minimum atomic E-state index is -0.343. The average Bonchev–Trinajstić information content (AvgIpc) is 3.58. The predicted octanol–water partition coefficient (Wildman–Crippen LogP) is 4.87. The summed E-state index contributed by atoms with van der Waals surface area (Å²) < 4.78 is 4.75. The molecule has 3 heterocycles. The van der Waals surface area contributed by atoms with Gasteiger partial charge in [0, 0.05) is 30.5 Å². The number of para-hydroxylation sites is 1. The van der Waals surface area contributed by atoms with Crippen LogP contribution in [0.1, 0.15) is 37.3 Å². The first-order chi connectivity index (χ1) is 18.1. The summed E-state index contributed by atoms with van der Waals surface area (Å²) in [6.07, 6.45) is 5.75. The van der Waals surface area contributed by atoms with Crippen molar-refractivity contribution in [3.8, 4) is 11.3 Å². The molecule has 0 aliphatic heterocycles. The Balaban J connectivity index is 1.49. The van der Waals surface area contributed by atoms with Crippen molar-refractivity contribution in [1.29, 1.82) is 0 Å². The Hall–Kier alpha value is -4.46. The van der Waals surface area contributed by atoms with E-state index in [2.05, 4.69) is 10.3 Å². The molecule has 1 fully saturated rings. The molecule has 37 heavy (non-hydrogen) atoms. The van der Waals surface area contributed by atoms with Gasteiger partial charge in [-0.3, -0.25) is 18.9 Å². The van der Waals surface area contributed by atoms with Gasteiger partial charge < -0.3 is 5.32 Å². The monoisotopic (exact) mass is 492 g/mol. The quantitative estimate of drug-likeness (QED) is 0.366. The van der Waals surface area contributed by atoms with Crippen molar-refractivity contribution in [3.63, 3.8) is 0 Å². The van der Waals surface area contributed by atoms with Gasteiger partial charge in [0.2, 0.25) is 0 Å². The topological polar surface area (TPSA) is 86.7 Å². The number of anilines is 2. The average molecular weight is 493 g/mol. The van der Waals surface area contributed by atoms with Crippen molar-refractivity contribution in [2.24, 2.45) is 7.05 Å². The van der Waals surface area contributed by atoms with Crippen LogP contribution in [0.2, 0.25) is 0 Å². The van der Waals surface area contributed by atoms with Crippen LogP contribution in [0.3, 0.4) is 0 Å². The number of rotatable bonds is 6. The van der Waals surface area contributed by atoms with Crippen molar-refractivity contribution in [1.82, 2.24) is 23.9 Å². The lowest BCUT2D eigenvalue weighted by molar-refractivity contribution is 0.486. The molecule has 3 aromatic heterocycles. The van der Waals surface area contributed by atoms with Gasteiger partial charge in [-0.25, -0.2) is 9.48 Å². The van der Waals surface area contributed by atoms with Crippen LogP contribution in [-0.4, -0.2) is 23.9 Å². The number of nitrogens with zero attached hydrogens (tertiary/aromatic N) is 5. The predicted molar refractivity (Wildman–Crippen MR) is 145 cm³/mol. The molecule has 0 bridgehead atoms. The summed E-state index contributed by atoms with van der Waals surface area (Å²) in [5.41, 5.74) is 3.61. The fourth-order valence-electron chi connectivity index (χ4n) is 5.20. The van der Waals surface area contributed by atoms with E-state index < -0.39 is 0 Å². The molecule has 0 radical (unpaired) electrons. The molecular weight excluding hydrogens is 464 g/mol. The second-order valence-electron chi connectivity index (χ2n) is 9.56. The van der Waals surface area contributed by atoms with Gasteiger partial charge in [-0.15, -0.1) is 0 Å². The lowest BCUT2D eigenvalue weighted by atomic mass is 10.1. The minimum absolute atomic E-state index is 0.0485. The molecule has 1 aliphatic carbocycles. The van der Waals surface area contributed by atoms with E-state index in [9.17, 15) is 9.59 Å². The molecule has 2 aromatic carbocycles. The zero-order valence-electron chi connectivity index (χ0n) is 20.7. The highest BCUT2D eigenvalue weighted by Gasteiger charge is 2.27. The van der Waals surface area contributed by atoms with Gasteiger partial charge >= 0.3 is 5.69 Å². The third-order valence-electron chi connectivity index (χ3n) is 7.15. The van der Waals surface area contributed by atoms with Gasteiger partial charge in [0.15, 0.2) is 5.65 Å². The normalized spacial score (nSPS) is 13.9. The molecule has 0 atom stereocenters. The first-order valence-corrected chi connectivity index (χ1v) is 12.6. The number of pyridine rings is 1. The Morgan fingerprint density at radius 2 is 1.65 bits per heavy atom. The van der Waals surface area contributed by atoms with E-state index in [4.69, 9.17) is 5.10 Å².